The maximum Gasteiger partial charge on any atom is 0.233 e. The zero-order valence-corrected chi connectivity index (χ0v) is 22.2. The van der Waals surface area contributed by atoms with Crippen LogP contribution in [0.1, 0.15) is 5.56 Å². The Morgan fingerprint density at radius 1 is 1.16 bits per heavy atom. The van der Waals surface area contributed by atoms with E-state index in [9.17, 15) is 12.8 Å². The lowest BCUT2D eigenvalue weighted by Gasteiger charge is -2.29. The van der Waals surface area contributed by atoms with Gasteiger partial charge in [0.25, 0.3) is 0 Å². The van der Waals surface area contributed by atoms with Gasteiger partial charge in [-0.05, 0) is 30.3 Å². The van der Waals surface area contributed by atoms with Crippen molar-refractivity contribution < 1.29 is 17.5 Å². The Hall–Kier alpha value is -3.97. The van der Waals surface area contributed by atoms with Gasteiger partial charge in [-0.25, -0.2) is 22.8 Å². The van der Waals surface area contributed by atoms with Crippen LogP contribution >= 0.6 is 0 Å². The molecule has 3 aromatic heterocycles. The molecule has 200 valence electrons. The third-order valence-corrected chi connectivity index (χ3v) is 7.62. The van der Waals surface area contributed by atoms with Crippen molar-refractivity contribution in [3.05, 3.63) is 60.3 Å². The third kappa shape index (κ3) is 5.34. The molecule has 1 fully saturated rings. The summed E-state index contributed by atoms with van der Waals surface area (Å²) < 4.78 is 47.6. The zero-order chi connectivity index (χ0) is 26.9. The molecule has 11 nitrogen and oxygen atoms in total. The maximum atomic E-state index is 14.9. The molecule has 0 saturated carbocycles. The van der Waals surface area contributed by atoms with Gasteiger partial charge in [-0.15, -0.1) is 0 Å². The van der Waals surface area contributed by atoms with Gasteiger partial charge in [0.15, 0.2) is 0 Å². The molecule has 4 heterocycles. The number of nitrogens with one attached hydrogen (secondary N) is 2. The summed E-state index contributed by atoms with van der Waals surface area (Å²) in [4.78, 5) is 15.4. The minimum absolute atomic E-state index is 0.285. The summed E-state index contributed by atoms with van der Waals surface area (Å²) in [5, 5.41) is 7.15. The fourth-order valence-corrected chi connectivity index (χ4v) is 4.85. The number of pyridine rings is 1. The molecule has 1 aliphatic rings. The predicted octanol–water partition coefficient (Wildman–Crippen LogP) is 2.57. The van der Waals surface area contributed by atoms with Crippen LogP contribution in [0.5, 0.6) is 5.75 Å². The van der Waals surface area contributed by atoms with Crippen molar-refractivity contribution in [2.45, 2.75) is 6.54 Å². The van der Waals surface area contributed by atoms with Crippen molar-refractivity contribution in [2.24, 2.45) is 0 Å². The number of hydrogen-bond acceptors (Lipinski definition) is 9. The van der Waals surface area contributed by atoms with E-state index in [1.165, 1.54) is 26.4 Å². The molecular weight excluding hydrogens is 511 g/mol. The average molecular weight is 541 g/mol. The van der Waals surface area contributed by atoms with Crippen molar-refractivity contribution in [1.82, 2.24) is 24.8 Å². The highest BCUT2D eigenvalue weighted by molar-refractivity contribution is 7.92. The molecule has 1 aromatic carbocycles. The van der Waals surface area contributed by atoms with Crippen molar-refractivity contribution in [3.63, 3.8) is 0 Å². The van der Waals surface area contributed by atoms with Crippen LogP contribution in [0.4, 0.5) is 27.5 Å². The molecule has 0 bridgehead atoms. The van der Waals surface area contributed by atoms with Crippen LogP contribution in [0.3, 0.4) is 0 Å². The molecule has 0 spiro atoms. The number of aromatic nitrogens is 4. The second-order valence-electron chi connectivity index (χ2n) is 9.03. The lowest BCUT2D eigenvalue weighted by atomic mass is 10.2. The van der Waals surface area contributed by atoms with Crippen LogP contribution in [0.15, 0.2) is 48.9 Å². The Kier molecular flexibility index (Phi) is 7.04. The first-order valence-electron chi connectivity index (χ1n) is 12.0. The highest BCUT2D eigenvalue weighted by atomic mass is 32.2. The van der Waals surface area contributed by atoms with Crippen LogP contribution in [0, 0.1) is 5.82 Å². The van der Waals surface area contributed by atoms with Crippen LogP contribution in [0.2, 0.25) is 0 Å². The molecule has 0 atom stereocenters. The van der Waals surface area contributed by atoms with E-state index in [0.29, 0.717) is 40.1 Å². The van der Waals surface area contributed by atoms with Crippen molar-refractivity contribution in [1.29, 1.82) is 0 Å². The number of rotatable bonds is 8. The fourth-order valence-electron chi connectivity index (χ4n) is 4.37. The van der Waals surface area contributed by atoms with Crippen LogP contribution < -0.4 is 24.6 Å². The van der Waals surface area contributed by atoms with Crippen LogP contribution in [-0.2, 0) is 16.6 Å². The number of fused-ring (bicyclic) bond motifs is 1. The number of hydrogen-bond donors (Lipinski definition) is 2. The minimum Gasteiger partial charge on any atom is -0.495 e. The van der Waals surface area contributed by atoms with Gasteiger partial charge in [0, 0.05) is 62.3 Å². The molecule has 4 aromatic rings. The molecule has 5 rings (SSSR count). The molecule has 0 aliphatic carbocycles. The Labute approximate surface area is 220 Å². The van der Waals surface area contributed by atoms with E-state index in [-0.39, 0.29) is 12.4 Å². The highest BCUT2D eigenvalue weighted by Gasteiger charge is 2.20. The first kappa shape index (κ1) is 25.7. The van der Waals surface area contributed by atoms with Crippen molar-refractivity contribution in [3.8, 4) is 5.75 Å². The number of halogens is 1. The number of piperazine rings is 1. The fraction of sp³-hybridized carbons (Fsp3) is 0.320. The van der Waals surface area contributed by atoms with Gasteiger partial charge in [0.1, 0.15) is 23.0 Å². The Bertz CT molecular complexity index is 1570. The summed E-state index contributed by atoms with van der Waals surface area (Å²) in [6.07, 6.45) is 6.12. The first-order chi connectivity index (χ1) is 18.2. The molecule has 0 unspecified atom stereocenters. The topological polar surface area (TPSA) is 118 Å². The molecule has 0 amide bonds. The summed E-state index contributed by atoms with van der Waals surface area (Å²) in [5.41, 5.74) is 2.36. The van der Waals surface area contributed by atoms with Gasteiger partial charge in [-0.1, -0.05) is 0 Å². The van der Waals surface area contributed by atoms with Gasteiger partial charge >= 0.3 is 0 Å². The number of anilines is 4. The summed E-state index contributed by atoms with van der Waals surface area (Å²) >= 11 is 0. The lowest BCUT2D eigenvalue weighted by Crippen LogP contribution is -2.43. The molecule has 38 heavy (non-hydrogen) atoms. The summed E-state index contributed by atoms with van der Waals surface area (Å²) in [7, 11) is -0.546. The van der Waals surface area contributed by atoms with E-state index < -0.39 is 10.0 Å². The number of benzene rings is 1. The molecule has 2 N–H and O–H groups in total. The van der Waals surface area contributed by atoms with E-state index in [2.05, 4.69) is 25.6 Å². The average Bonchev–Trinajstić information content (AvgIpc) is 3.30. The molecule has 13 heteroatoms. The Morgan fingerprint density at radius 2 is 1.95 bits per heavy atom. The normalized spacial score (nSPS) is 14.1. The molecule has 1 aliphatic heterocycles. The van der Waals surface area contributed by atoms with Crippen LogP contribution in [-0.4, -0.2) is 74.5 Å². The van der Waals surface area contributed by atoms with E-state index in [4.69, 9.17) is 4.74 Å². The number of ether oxygens (including phenoxy) is 1. The third-order valence-electron chi connectivity index (χ3n) is 6.45. The highest BCUT2D eigenvalue weighted by Crippen LogP contribution is 2.27. The van der Waals surface area contributed by atoms with Gasteiger partial charge in [0.05, 0.1) is 31.8 Å². The maximum absolute atomic E-state index is 14.9. The molecule has 0 radical (unpaired) electrons. The van der Waals surface area contributed by atoms with E-state index in [1.54, 1.807) is 18.3 Å². The van der Waals surface area contributed by atoms with E-state index in [0.717, 1.165) is 42.1 Å². The lowest BCUT2D eigenvalue weighted by molar-refractivity contribution is 0.412. The van der Waals surface area contributed by atoms with Crippen molar-refractivity contribution >= 4 is 44.2 Å². The second kappa shape index (κ2) is 10.4. The summed E-state index contributed by atoms with van der Waals surface area (Å²) in [6.45, 7) is 3.44. The van der Waals surface area contributed by atoms with Crippen molar-refractivity contribution in [2.75, 3.05) is 61.1 Å². The van der Waals surface area contributed by atoms with E-state index >= 15 is 0 Å². The largest absolute Gasteiger partial charge is 0.495 e. The molecular formula is C25H29FN8O3S. The Balaban J connectivity index is 1.42. The smallest absolute Gasteiger partial charge is 0.233 e. The predicted molar refractivity (Wildman–Crippen MR) is 145 cm³/mol. The number of nitrogens with zero attached hydrogens (tertiary/aromatic N) is 6. The van der Waals surface area contributed by atoms with Gasteiger partial charge < -0.3 is 24.8 Å². The summed E-state index contributed by atoms with van der Waals surface area (Å²) in [5.74, 6) is 0.798. The quantitative estimate of drug-likeness (QED) is 0.348. The SMILES string of the molecule is COc1cnc(N(C)S(C)(=O)=O)c(Cn2ccc3cnc(Nc4ccc(N5CCNCC5)c(F)c4)nc32)c1. The molecule has 1 saturated heterocycles. The monoisotopic (exact) mass is 540 g/mol. The van der Waals surface area contributed by atoms with E-state index in [1.807, 2.05) is 27.8 Å². The first-order valence-corrected chi connectivity index (χ1v) is 13.9. The number of methoxy groups -OCH3 is 1. The number of sulfonamides is 1. The van der Waals surface area contributed by atoms with Crippen LogP contribution in [0.25, 0.3) is 11.0 Å². The van der Waals surface area contributed by atoms with Gasteiger partial charge in [-0.2, -0.15) is 4.98 Å². The minimum atomic E-state index is -3.53. The zero-order valence-electron chi connectivity index (χ0n) is 21.3. The Morgan fingerprint density at radius 3 is 2.66 bits per heavy atom. The summed E-state index contributed by atoms with van der Waals surface area (Å²) in [6, 6.07) is 8.63. The second-order valence-corrected chi connectivity index (χ2v) is 11.0. The standard InChI is InChI=1S/C25H29FN8O3S/c1-32(38(3,35)36)23-18(12-20(37-2)15-28-23)16-34-9-6-17-14-29-25(31-24(17)34)30-19-4-5-22(21(26)13-19)33-10-7-27-8-11-33/h4-6,9,12-15,27H,7-8,10-11,16H2,1-3H3,(H,29,30,31). The van der Waals surface area contributed by atoms with Gasteiger partial charge in [-0.3, -0.25) is 4.31 Å². The van der Waals surface area contributed by atoms with Gasteiger partial charge in [0.2, 0.25) is 16.0 Å².